The molecule has 0 heterocycles. The molecule has 1 fully saturated rings. The zero-order chi connectivity index (χ0) is 13.8. The van der Waals surface area contributed by atoms with Crippen LogP contribution in [0.15, 0.2) is 12.2 Å². The van der Waals surface area contributed by atoms with E-state index >= 15 is 0 Å². The van der Waals surface area contributed by atoms with Crippen molar-refractivity contribution in [1.29, 1.82) is 0 Å². The number of hydrogen-bond acceptors (Lipinski definition) is 3. The molecule has 4 heteroatoms. The molecule has 0 saturated heterocycles. The zero-order valence-electron chi connectivity index (χ0n) is 11.5. The summed E-state index contributed by atoms with van der Waals surface area (Å²) in [6, 6.07) is 0.172. The van der Waals surface area contributed by atoms with E-state index in [-0.39, 0.29) is 11.6 Å². The summed E-state index contributed by atoms with van der Waals surface area (Å²) in [6.45, 7) is 8.80. The van der Waals surface area contributed by atoms with Gasteiger partial charge in [-0.2, -0.15) is 0 Å². The standard InChI is InChI=1S/C14H23NO3/c1-10(13(17)18-14(2,3)4)12(16)15-11-8-6-5-7-9-11/h11H,1,5-9H2,2-4H3,(H,15,16). The summed E-state index contributed by atoms with van der Waals surface area (Å²) in [5.41, 5.74) is -0.721. The molecule has 1 aliphatic carbocycles. The van der Waals surface area contributed by atoms with Gasteiger partial charge in [-0.1, -0.05) is 25.8 Å². The molecular formula is C14H23NO3. The third kappa shape index (κ3) is 4.90. The molecule has 0 bridgehead atoms. The van der Waals surface area contributed by atoms with Gasteiger partial charge in [-0.15, -0.1) is 0 Å². The molecule has 0 aliphatic heterocycles. The normalized spacial score (nSPS) is 17.1. The number of esters is 1. The molecule has 0 aromatic carbocycles. The second-order valence-corrected chi connectivity index (χ2v) is 5.79. The van der Waals surface area contributed by atoms with Crippen molar-refractivity contribution in [2.75, 3.05) is 0 Å². The molecule has 1 rings (SSSR count). The van der Waals surface area contributed by atoms with Gasteiger partial charge < -0.3 is 10.1 Å². The Labute approximate surface area is 109 Å². The Balaban J connectivity index is 2.45. The second kappa shape index (κ2) is 6.03. The minimum Gasteiger partial charge on any atom is -0.456 e. The van der Waals surface area contributed by atoms with E-state index < -0.39 is 17.5 Å². The van der Waals surface area contributed by atoms with Crippen LogP contribution < -0.4 is 5.32 Å². The highest BCUT2D eigenvalue weighted by Crippen LogP contribution is 2.18. The monoisotopic (exact) mass is 253 g/mol. The van der Waals surface area contributed by atoms with E-state index in [1.807, 2.05) is 0 Å². The predicted octanol–water partition coefficient (Wildman–Crippen LogP) is 2.33. The van der Waals surface area contributed by atoms with Crippen molar-refractivity contribution in [1.82, 2.24) is 5.32 Å². The van der Waals surface area contributed by atoms with Gasteiger partial charge in [0.2, 0.25) is 0 Å². The second-order valence-electron chi connectivity index (χ2n) is 5.79. The fourth-order valence-corrected chi connectivity index (χ4v) is 1.95. The minimum absolute atomic E-state index is 0.115. The lowest BCUT2D eigenvalue weighted by molar-refractivity contribution is -0.150. The number of carbonyl (C=O) groups excluding carboxylic acids is 2. The maximum Gasteiger partial charge on any atom is 0.343 e. The first-order valence-corrected chi connectivity index (χ1v) is 6.53. The number of carbonyl (C=O) groups is 2. The lowest BCUT2D eigenvalue weighted by atomic mass is 9.95. The zero-order valence-corrected chi connectivity index (χ0v) is 11.5. The summed E-state index contributed by atoms with van der Waals surface area (Å²) in [4.78, 5) is 23.5. The highest BCUT2D eigenvalue weighted by molar-refractivity contribution is 6.15. The van der Waals surface area contributed by atoms with Crippen LogP contribution in [0, 0.1) is 0 Å². The van der Waals surface area contributed by atoms with Crippen LogP contribution >= 0.6 is 0 Å². The summed E-state index contributed by atoms with van der Waals surface area (Å²) >= 11 is 0. The molecule has 4 nitrogen and oxygen atoms in total. The van der Waals surface area contributed by atoms with Crippen molar-refractivity contribution in [3.63, 3.8) is 0 Å². The van der Waals surface area contributed by atoms with Crippen LogP contribution in [0.2, 0.25) is 0 Å². The van der Waals surface area contributed by atoms with Crippen molar-refractivity contribution in [3.8, 4) is 0 Å². The van der Waals surface area contributed by atoms with E-state index in [0.717, 1.165) is 25.7 Å². The van der Waals surface area contributed by atoms with E-state index in [2.05, 4.69) is 11.9 Å². The first kappa shape index (κ1) is 14.7. The van der Waals surface area contributed by atoms with Crippen LogP contribution in [-0.2, 0) is 14.3 Å². The smallest absolute Gasteiger partial charge is 0.343 e. The average Bonchev–Trinajstić information content (AvgIpc) is 2.27. The first-order valence-electron chi connectivity index (χ1n) is 6.53. The molecule has 0 spiro atoms. The highest BCUT2D eigenvalue weighted by atomic mass is 16.6. The van der Waals surface area contributed by atoms with Gasteiger partial charge in [-0.3, -0.25) is 4.79 Å². The van der Waals surface area contributed by atoms with Crippen molar-refractivity contribution >= 4 is 11.9 Å². The molecule has 0 unspecified atom stereocenters. The molecule has 102 valence electrons. The van der Waals surface area contributed by atoms with Crippen LogP contribution in [0.5, 0.6) is 0 Å². The van der Waals surface area contributed by atoms with E-state index in [0.29, 0.717) is 0 Å². The summed E-state index contributed by atoms with van der Waals surface area (Å²) < 4.78 is 5.11. The number of nitrogens with one attached hydrogen (secondary N) is 1. The number of hydrogen-bond donors (Lipinski definition) is 1. The van der Waals surface area contributed by atoms with Crippen molar-refractivity contribution in [2.24, 2.45) is 0 Å². The Hall–Kier alpha value is -1.32. The van der Waals surface area contributed by atoms with Gasteiger partial charge in [0, 0.05) is 6.04 Å². The molecule has 1 saturated carbocycles. The molecule has 0 radical (unpaired) electrons. The summed E-state index contributed by atoms with van der Waals surface area (Å²) in [6.07, 6.45) is 5.44. The molecule has 0 aromatic heterocycles. The average molecular weight is 253 g/mol. The third-order valence-electron chi connectivity index (χ3n) is 2.86. The van der Waals surface area contributed by atoms with Crippen molar-refractivity contribution in [3.05, 3.63) is 12.2 Å². The van der Waals surface area contributed by atoms with Crippen LogP contribution in [0.4, 0.5) is 0 Å². The molecule has 0 atom stereocenters. The van der Waals surface area contributed by atoms with Gasteiger partial charge in [0.25, 0.3) is 5.91 Å². The van der Waals surface area contributed by atoms with E-state index in [1.54, 1.807) is 20.8 Å². The molecule has 18 heavy (non-hydrogen) atoms. The van der Waals surface area contributed by atoms with Gasteiger partial charge >= 0.3 is 5.97 Å². The van der Waals surface area contributed by atoms with Gasteiger partial charge in [0.05, 0.1) is 0 Å². The van der Waals surface area contributed by atoms with Gasteiger partial charge in [0.1, 0.15) is 11.2 Å². The Kier molecular flexibility index (Phi) is 4.93. The first-order chi connectivity index (χ1) is 8.29. The van der Waals surface area contributed by atoms with E-state index in [9.17, 15) is 9.59 Å². The molecule has 1 aliphatic rings. The lowest BCUT2D eigenvalue weighted by Crippen LogP contribution is -2.39. The van der Waals surface area contributed by atoms with Gasteiger partial charge in [-0.25, -0.2) is 4.79 Å². The maximum atomic E-state index is 11.8. The Morgan fingerprint density at radius 3 is 2.22 bits per heavy atom. The molecular weight excluding hydrogens is 230 g/mol. The topological polar surface area (TPSA) is 55.4 Å². The number of amides is 1. The van der Waals surface area contributed by atoms with E-state index in [1.165, 1.54) is 6.42 Å². The summed E-state index contributed by atoms with van der Waals surface area (Å²) in [5.74, 6) is -1.05. The fraction of sp³-hybridized carbons (Fsp3) is 0.714. The van der Waals surface area contributed by atoms with Crippen molar-refractivity contribution < 1.29 is 14.3 Å². The van der Waals surface area contributed by atoms with Crippen LogP contribution in [0.25, 0.3) is 0 Å². The van der Waals surface area contributed by atoms with E-state index in [4.69, 9.17) is 4.74 Å². The molecule has 1 amide bonds. The maximum absolute atomic E-state index is 11.8. The van der Waals surface area contributed by atoms with Crippen LogP contribution in [0.1, 0.15) is 52.9 Å². The Bertz CT molecular complexity index is 335. The lowest BCUT2D eigenvalue weighted by Gasteiger charge is -2.24. The summed E-state index contributed by atoms with van der Waals surface area (Å²) in [5, 5.41) is 2.85. The highest BCUT2D eigenvalue weighted by Gasteiger charge is 2.25. The number of ether oxygens (including phenoxy) is 1. The summed E-state index contributed by atoms with van der Waals surface area (Å²) in [7, 11) is 0. The van der Waals surface area contributed by atoms with Gasteiger partial charge in [-0.05, 0) is 33.6 Å². The SMILES string of the molecule is C=C(C(=O)NC1CCCCC1)C(=O)OC(C)(C)C. The Morgan fingerprint density at radius 2 is 1.72 bits per heavy atom. The predicted molar refractivity (Wildman–Crippen MR) is 70.0 cm³/mol. The van der Waals surface area contributed by atoms with Gasteiger partial charge in [0.15, 0.2) is 0 Å². The third-order valence-corrected chi connectivity index (χ3v) is 2.86. The molecule has 0 aromatic rings. The van der Waals surface area contributed by atoms with Crippen molar-refractivity contribution in [2.45, 2.75) is 64.5 Å². The van der Waals surface area contributed by atoms with Crippen LogP contribution in [-0.4, -0.2) is 23.5 Å². The fourth-order valence-electron chi connectivity index (χ4n) is 1.95. The quantitative estimate of drug-likeness (QED) is 0.363. The largest absolute Gasteiger partial charge is 0.456 e. The molecule has 1 N–H and O–H groups in total. The Morgan fingerprint density at radius 1 is 1.17 bits per heavy atom. The van der Waals surface area contributed by atoms with Crippen LogP contribution in [0.3, 0.4) is 0 Å². The number of rotatable bonds is 3. The minimum atomic E-state index is -0.643.